The number of anilines is 2. The van der Waals surface area contributed by atoms with Crippen molar-refractivity contribution in [2.75, 3.05) is 10.6 Å². The summed E-state index contributed by atoms with van der Waals surface area (Å²) in [6.07, 6.45) is -0.863. The Balaban J connectivity index is 1.67. The van der Waals surface area contributed by atoms with E-state index in [1.807, 2.05) is 51.1 Å². The van der Waals surface area contributed by atoms with Crippen molar-refractivity contribution in [2.45, 2.75) is 33.3 Å². The SMILES string of the molecule is Cc1ccc2c(c1)NC(=O)C(CC(=O)Nc1ccc(C)c(C)c1)O2. The monoisotopic (exact) mass is 324 g/mol. The average molecular weight is 324 g/mol. The lowest BCUT2D eigenvalue weighted by Gasteiger charge is -2.25. The van der Waals surface area contributed by atoms with E-state index in [-0.39, 0.29) is 18.2 Å². The summed E-state index contributed by atoms with van der Waals surface area (Å²) in [7, 11) is 0. The third-order valence-corrected chi connectivity index (χ3v) is 4.12. The van der Waals surface area contributed by atoms with Crippen LogP contribution in [-0.2, 0) is 9.59 Å². The number of amides is 2. The molecule has 1 heterocycles. The molecule has 0 aliphatic carbocycles. The van der Waals surface area contributed by atoms with Crippen LogP contribution in [0.2, 0.25) is 0 Å². The van der Waals surface area contributed by atoms with Gasteiger partial charge in [-0.05, 0) is 61.7 Å². The average Bonchev–Trinajstić information content (AvgIpc) is 2.52. The fraction of sp³-hybridized carbons (Fsp3) is 0.263. The summed E-state index contributed by atoms with van der Waals surface area (Å²) in [4.78, 5) is 24.4. The van der Waals surface area contributed by atoms with E-state index in [2.05, 4.69) is 10.6 Å². The number of benzene rings is 2. The van der Waals surface area contributed by atoms with Gasteiger partial charge in [0.15, 0.2) is 6.10 Å². The molecule has 0 fully saturated rings. The Morgan fingerprint density at radius 1 is 1.12 bits per heavy atom. The van der Waals surface area contributed by atoms with Gasteiger partial charge < -0.3 is 15.4 Å². The standard InChI is InChI=1S/C19H20N2O3/c1-11-4-7-16-15(8-11)21-19(23)17(24-16)10-18(22)20-14-6-5-12(2)13(3)9-14/h4-9,17H,10H2,1-3H3,(H,20,22)(H,21,23). The molecule has 0 bridgehead atoms. The van der Waals surface area contributed by atoms with Crippen LogP contribution in [0.15, 0.2) is 36.4 Å². The zero-order valence-corrected chi connectivity index (χ0v) is 14.0. The number of hydrogen-bond acceptors (Lipinski definition) is 3. The summed E-state index contributed by atoms with van der Waals surface area (Å²) in [5, 5.41) is 5.60. The summed E-state index contributed by atoms with van der Waals surface area (Å²) in [6, 6.07) is 11.3. The van der Waals surface area contributed by atoms with E-state index in [0.717, 1.165) is 22.4 Å². The highest BCUT2D eigenvalue weighted by atomic mass is 16.5. The van der Waals surface area contributed by atoms with Crippen LogP contribution < -0.4 is 15.4 Å². The second-order valence-corrected chi connectivity index (χ2v) is 6.15. The number of nitrogens with one attached hydrogen (secondary N) is 2. The Bertz CT molecular complexity index is 814. The molecular weight excluding hydrogens is 304 g/mol. The molecule has 0 saturated heterocycles. The number of carbonyl (C=O) groups excluding carboxylic acids is 2. The van der Waals surface area contributed by atoms with Crippen molar-refractivity contribution in [3.8, 4) is 5.75 Å². The number of ether oxygens (including phenoxy) is 1. The molecule has 5 heteroatoms. The lowest BCUT2D eigenvalue weighted by atomic mass is 10.1. The van der Waals surface area contributed by atoms with Crippen LogP contribution in [-0.4, -0.2) is 17.9 Å². The fourth-order valence-corrected chi connectivity index (χ4v) is 2.60. The molecule has 1 unspecified atom stereocenters. The Morgan fingerprint density at radius 3 is 2.67 bits per heavy atom. The van der Waals surface area contributed by atoms with Crippen molar-refractivity contribution in [1.29, 1.82) is 0 Å². The van der Waals surface area contributed by atoms with E-state index in [1.165, 1.54) is 0 Å². The van der Waals surface area contributed by atoms with Crippen LogP contribution >= 0.6 is 0 Å². The second-order valence-electron chi connectivity index (χ2n) is 6.15. The van der Waals surface area contributed by atoms with Gasteiger partial charge in [-0.2, -0.15) is 0 Å². The van der Waals surface area contributed by atoms with Gasteiger partial charge in [0, 0.05) is 5.69 Å². The van der Waals surface area contributed by atoms with Crippen molar-refractivity contribution >= 4 is 23.2 Å². The zero-order chi connectivity index (χ0) is 17.3. The molecule has 2 amide bonds. The molecule has 2 aromatic rings. The Morgan fingerprint density at radius 2 is 1.92 bits per heavy atom. The number of fused-ring (bicyclic) bond motifs is 1. The summed E-state index contributed by atoms with van der Waals surface area (Å²) in [5.41, 5.74) is 4.66. The van der Waals surface area contributed by atoms with E-state index >= 15 is 0 Å². The van der Waals surface area contributed by atoms with Crippen LogP contribution in [0.4, 0.5) is 11.4 Å². The minimum Gasteiger partial charge on any atom is -0.478 e. The number of aryl methyl sites for hydroxylation is 3. The van der Waals surface area contributed by atoms with Gasteiger partial charge in [0.2, 0.25) is 5.91 Å². The molecule has 24 heavy (non-hydrogen) atoms. The molecule has 0 spiro atoms. The second kappa shape index (κ2) is 6.35. The molecule has 1 atom stereocenters. The van der Waals surface area contributed by atoms with Crippen LogP contribution in [0.3, 0.4) is 0 Å². The molecule has 0 aromatic heterocycles. The van der Waals surface area contributed by atoms with Crippen molar-refractivity contribution in [3.63, 3.8) is 0 Å². The number of rotatable bonds is 3. The molecule has 1 aliphatic heterocycles. The maximum atomic E-state index is 12.2. The normalized spacial score (nSPS) is 16.0. The predicted octanol–water partition coefficient (Wildman–Crippen LogP) is 3.34. The van der Waals surface area contributed by atoms with Gasteiger partial charge in [-0.1, -0.05) is 12.1 Å². The van der Waals surface area contributed by atoms with E-state index in [1.54, 1.807) is 6.07 Å². The van der Waals surface area contributed by atoms with Gasteiger partial charge in [-0.15, -0.1) is 0 Å². The highest BCUT2D eigenvalue weighted by Crippen LogP contribution is 2.31. The van der Waals surface area contributed by atoms with Gasteiger partial charge in [-0.25, -0.2) is 0 Å². The Kier molecular flexibility index (Phi) is 4.25. The van der Waals surface area contributed by atoms with E-state index in [4.69, 9.17) is 4.74 Å². The van der Waals surface area contributed by atoms with Crippen LogP contribution in [0.25, 0.3) is 0 Å². The largest absolute Gasteiger partial charge is 0.478 e. The number of hydrogen-bond donors (Lipinski definition) is 2. The molecule has 0 saturated carbocycles. The first kappa shape index (κ1) is 16.1. The molecule has 2 N–H and O–H groups in total. The molecule has 124 valence electrons. The first-order valence-electron chi connectivity index (χ1n) is 7.87. The summed E-state index contributed by atoms with van der Waals surface area (Å²) in [6.45, 7) is 5.94. The maximum Gasteiger partial charge on any atom is 0.266 e. The van der Waals surface area contributed by atoms with Crippen molar-refractivity contribution in [2.24, 2.45) is 0 Å². The van der Waals surface area contributed by atoms with Gasteiger partial charge in [-0.3, -0.25) is 9.59 Å². The predicted molar refractivity (Wildman–Crippen MR) is 93.4 cm³/mol. The maximum absolute atomic E-state index is 12.2. The van der Waals surface area contributed by atoms with Gasteiger partial charge in [0.1, 0.15) is 5.75 Å². The minimum absolute atomic E-state index is 0.0356. The molecule has 1 aliphatic rings. The third-order valence-electron chi connectivity index (χ3n) is 4.12. The van der Waals surface area contributed by atoms with Gasteiger partial charge >= 0.3 is 0 Å². The van der Waals surface area contributed by atoms with E-state index < -0.39 is 6.10 Å². The van der Waals surface area contributed by atoms with E-state index in [9.17, 15) is 9.59 Å². The number of carbonyl (C=O) groups is 2. The topological polar surface area (TPSA) is 67.4 Å². The van der Waals surface area contributed by atoms with Crippen molar-refractivity contribution in [3.05, 3.63) is 53.1 Å². The zero-order valence-electron chi connectivity index (χ0n) is 14.0. The highest BCUT2D eigenvalue weighted by Gasteiger charge is 2.29. The molecule has 0 radical (unpaired) electrons. The van der Waals surface area contributed by atoms with Gasteiger partial charge in [0.05, 0.1) is 12.1 Å². The molecular formula is C19H20N2O3. The lowest BCUT2D eigenvalue weighted by molar-refractivity contribution is -0.128. The van der Waals surface area contributed by atoms with Crippen LogP contribution in [0.1, 0.15) is 23.1 Å². The van der Waals surface area contributed by atoms with Crippen LogP contribution in [0, 0.1) is 20.8 Å². The fourth-order valence-electron chi connectivity index (χ4n) is 2.60. The van der Waals surface area contributed by atoms with Crippen molar-refractivity contribution in [1.82, 2.24) is 0 Å². The van der Waals surface area contributed by atoms with Gasteiger partial charge in [0.25, 0.3) is 5.91 Å². The quantitative estimate of drug-likeness (QED) is 0.910. The summed E-state index contributed by atoms with van der Waals surface area (Å²) in [5.74, 6) is 0.0291. The molecule has 2 aromatic carbocycles. The smallest absolute Gasteiger partial charge is 0.266 e. The summed E-state index contributed by atoms with van der Waals surface area (Å²) >= 11 is 0. The Hall–Kier alpha value is -2.82. The molecule has 5 nitrogen and oxygen atoms in total. The third kappa shape index (κ3) is 3.40. The highest BCUT2D eigenvalue weighted by molar-refractivity contribution is 6.02. The minimum atomic E-state index is -0.827. The first-order chi connectivity index (χ1) is 11.4. The van der Waals surface area contributed by atoms with Crippen molar-refractivity contribution < 1.29 is 14.3 Å². The lowest BCUT2D eigenvalue weighted by Crippen LogP contribution is -2.39. The Labute approximate surface area is 141 Å². The summed E-state index contributed by atoms with van der Waals surface area (Å²) < 4.78 is 5.68. The van der Waals surface area contributed by atoms with Crippen LogP contribution in [0.5, 0.6) is 5.75 Å². The van der Waals surface area contributed by atoms with E-state index in [0.29, 0.717) is 11.4 Å². The molecule has 3 rings (SSSR count). The first-order valence-corrected chi connectivity index (χ1v) is 7.87.